The Hall–Kier alpha value is -1.90. The number of nitrogens with one attached hydrogen (secondary N) is 1. The van der Waals surface area contributed by atoms with Gasteiger partial charge in [0.1, 0.15) is 5.76 Å². The highest BCUT2D eigenvalue weighted by molar-refractivity contribution is 5.57. The summed E-state index contributed by atoms with van der Waals surface area (Å²) in [6, 6.07) is 9.64. The van der Waals surface area contributed by atoms with Crippen LogP contribution in [0.15, 0.2) is 41.0 Å². The van der Waals surface area contributed by atoms with Gasteiger partial charge in [0.15, 0.2) is 0 Å². The molecule has 0 saturated carbocycles. The summed E-state index contributed by atoms with van der Waals surface area (Å²) in [6.07, 6.45) is 1.67. The summed E-state index contributed by atoms with van der Waals surface area (Å²) in [7, 11) is 0. The molecule has 0 aliphatic rings. The Morgan fingerprint density at radius 2 is 2.20 bits per heavy atom. The van der Waals surface area contributed by atoms with E-state index in [4.69, 9.17) is 10.2 Å². The minimum Gasteiger partial charge on any atom is -0.467 e. The van der Waals surface area contributed by atoms with Crippen molar-refractivity contribution in [1.29, 1.82) is 0 Å². The lowest BCUT2D eigenvalue weighted by atomic mass is 10.2. The maximum atomic E-state index is 5.67. The molecule has 0 spiro atoms. The van der Waals surface area contributed by atoms with Gasteiger partial charge in [-0.3, -0.25) is 0 Å². The van der Waals surface area contributed by atoms with Crippen molar-refractivity contribution in [3.8, 4) is 0 Å². The molecule has 2 rings (SSSR count). The number of furan rings is 1. The molecule has 78 valence electrons. The summed E-state index contributed by atoms with van der Waals surface area (Å²) in [5.74, 6) is 0.922. The maximum absolute atomic E-state index is 5.67. The maximum Gasteiger partial charge on any atom is 0.122 e. The van der Waals surface area contributed by atoms with Crippen molar-refractivity contribution in [2.75, 3.05) is 11.1 Å². The molecule has 1 aromatic carbocycles. The van der Waals surface area contributed by atoms with Crippen molar-refractivity contribution >= 4 is 11.4 Å². The molecule has 1 heterocycles. The lowest BCUT2D eigenvalue weighted by Crippen LogP contribution is -2.00. The molecule has 1 aromatic heterocycles. The van der Waals surface area contributed by atoms with E-state index in [0.29, 0.717) is 6.54 Å². The number of anilines is 2. The van der Waals surface area contributed by atoms with Gasteiger partial charge in [0.25, 0.3) is 0 Å². The zero-order valence-electron chi connectivity index (χ0n) is 8.66. The van der Waals surface area contributed by atoms with E-state index in [1.807, 2.05) is 37.3 Å². The third kappa shape index (κ3) is 2.31. The van der Waals surface area contributed by atoms with E-state index in [2.05, 4.69) is 5.32 Å². The van der Waals surface area contributed by atoms with Gasteiger partial charge in [0, 0.05) is 11.4 Å². The van der Waals surface area contributed by atoms with Crippen LogP contribution >= 0.6 is 0 Å². The largest absolute Gasteiger partial charge is 0.467 e. The average molecular weight is 202 g/mol. The first-order valence-corrected chi connectivity index (χ1v) is 4.88. The molecule has 0 fully saturated rings. The van der Waals surface area contributed by atoms with Crippen LogP contribution in [0.3, 0.4) is 0 Å². The molecular formula is C12H14N2O. The number of aryl methyl sites for hydroxylation is 1. The Morgan fingerprint density at radius 1 is 1.33 bits per heavy atom. The molecule has 0 radical (unpaired) electrons. The van der Waals surface area contributed by atoms with Gasteiger partial charge in [-0.15, -0.1) is 0 Å². The predicted molar refractivity (Wildman–Crippen MR) is 61.6 cm³/mol. The SMILES string of the molecule is Cc1cc(N)ccc1NCc1ccco1. The lowest BCUT2D eigenvalue weighted by Gasteiger charge is -2.08. The third-order valence-electron chi connectivity index (χ3n) is 2.28. The van der Waals surface area contributed by atoms with E-state index in [1.165, 1.54) is 0 Å². The third-order valence-corrected chi connectivity index (χ3v) is 2.28. The van der Waals surface area contributed by atoms with E-state index in [0.717, 1.165) is 22.7 Å². The van der Waals surface area contributed by atoms with Crippen LogP contribution in [0.2, 0.25) is 0 Å². The van der Waals surface area contributed by atoms with Crippen LogP contribution < -0.4 is 11.1 Å². The van der Waals surface area contributed by atoms with E-state index in [9.17, 15) is 0 Å². The van der Waals surface area contributed by atoms with Crippen molar-refractivity contribution in [1.82, 2.24) is 0 Å². The first kappa shape index (κ1) is 9.65. The molecule has 3 nitrogen and oxygen atoms in total. The highest BCUT2D eigenvalue weighted by Crippen LogP contribution is 2.18. The standard InChI is InChI=1S/C12H14N2O/c1-9-7-10(13)4-5-12(9)14-8-11-3-2-6-15-11/h2-7,14H,8,13H2,1H3. The molecule has 0 amide bonds. The normalized spacial score (nSPS) is 10.2. The second kappa shape index (κ2) is 4.09. The van der Waals surface area contributed by atoms with Crippen molar-refractivity contribution in [2.24, 2.45) is 0 Å². The summed E-state index contributed by atoms with van der Waals surface area (Å²) in [6.45, 7) is 2.72. The minimum absolute atomic E-state index is 0.692. The Labute approximate surface area is 88.9 Å². The fourth-order valence-electron chi connectivity index (χ4n) is 1.48. The van der Waals surface area contributed by atoms with Crippen LogP contribution in [0.4, 0.5) is 11.4 Å². The number of rotatable bonds is 3. The summed E-state index contributed by atoms with van der Waals surface area (Å²) >= 11 is 0. The van der Waals surface area contributed by atoms with Crippen molar-refractivity contribution in [2.45, 2.75) is 13.5 Å². The molecule has 0 bridgehead atoms. The predicted octanol–water partition coefficient (Wildman–Crippen LogP) is 2.78. The quantitative estimate of drug-likeness (QED) is 0.752. The van der Waals surface area contributed by atoms with Gasteiger partial charge in [0.2, 0.25) is 0 Å². The van der Waals surface area contributed by atoms with Crippen molar-refractivity contribution < 1.29 is 4.42 Å². The molecule has 2 aromatic rings. The number of hydrogen-bond donors (Lipinski definition) is 2. The van der Waals surface area contributed by atoms with E-state index in [1.54, 1.807) is 6.26 Å². The van der Waals surface area contributed by atoms with Crippen LogP contribution in [0.25, 0.3) is 0 Å². The van der Waals surface area contributed by atoms with E-state index < -0.39 is 0 Å². The molecule has 0 saturated heterocycles. The Bertz CT molecular complexity index is 435. The summed E-state index contributed by atoms with van der Waals surface area (Å²) < 4.78 is 5.23. The summed E-state index contributed by atoms with van der Waals surface area (Å²) in [5.41, 5.74) is 8.68. The number of hydrogen-bond acceptors (Lipinski definition) is 3. The smallest absolute Gasteiger partial charge is 0.122 e. The zero-order chi connectivity index (χ0) is 10.7. The highest BCUT2D eigenvalue weighted by Gasteiger charge is 1.99. The van der Waals surface area contributed by atoms with Crippen LogP contribution in [0.5, 0.6) is 0 Å². The molecule has 0 aliphatic heterocycles. The van der Waals surface area contributed by atoms with E-state index in [-0.39, 0.29) is 0 Å². The molecular weight excluding hydrogens is 188 g/mol. The summed E-state index contributed by atoms with van der Waals surface area (Å²) in [4.78, 5) is 0. The second-order valence-electron chi connectivity index (χ2n) is 3.51. The van der Waals surface area contributed by atoms with Gasteiger partial charge in [-0.05, 0) is 42.8 Å². The molecule has 3 N–H and O–H groups in total. The van der Waals surface area contributed by atoms with Gasteiger partial charge < -0.3 is 15.5 Å². The van der Waals surface area contributed by atoms with Crippen molar-refractivity contribution in [3.05, 3.63) is 47.9 Å². The Balaban J connectivity index is 2.05. The molecule has 0 atom stereocenters. The molecule has 15 heavy (non-hydrogen) atoms. The van der Waals surface area contributed by atoms with Gasteiger partial charge in [-0.25, -0.2) is 0 Å². The average Bonchev–Trinajstić information content (AvgIpc) is 2.69. The van der Waals surface area contributed by atoms with Gasteiger partial charge in [-0.1, -0.05) is 0 Å². The fourth-order valence-corrected chi connectivity index (χ4v) is 1.48. The monoisotopic (exact) mass is 202 g/mol. The molecule has 0 unspecified atom stereocenters. The first-order valence-electron chi connectivity index (χ1n) is 4.88. The van der Waals surface area contributed by atoms with Gasteiger partial charge in [-0.2, -0.15) is 0 Å². The molecule has 0 aliphatic carbocycles. The van der Waals surface area contributed by atoms with Crippen LogP contribution in [0, 0.1) is 6.92 Å². The first-order chi connectivity index (χ1) is 7.25. The molecule has 3 heteroatoms. The topological polar surface area (TPSA) is 51.2 Å². The van der Waals surface area contributed by atoms with Crippen molar-refractivity contribution in [3.63, 3.8) is 0 Å². The zero-order valence-corrected chi connectivity index (χ0v) is 8.66. The lowest BCUT2D eigenvalue weighted by molar-refractivity contribution is 0.518. The minimum atomic E-state index is 0.692. The number of nitrogens with two attached hydrogens (primary N) is 1. The van der Waals surface area contributed by atoms with Gasteiger partial charge >= 0.3 is 0 Å². The van der Waals surface area contributed by atoms with Crippen LogP contribution in [-0.2, 0) is 6.54 Å². The van der Waals surface area contributed by atoms with Gasteiger partial charge in [0.05, 0.1) is 12.8 Å². The van der Waals surface area contributed by atoms with Crippen LogP contribution in [0.1, 0.15) is 11.3 Å². The highest BCUT2D eigenvalue weighted by atomic mass is 16.3. The van der Waals surface area contributed by atoms with E-state index >= 15 is 0 Å². The Morgan fingerprint density at radius 3 is 2.87 bits per heavy atom. The Kier molecular flexibility index (Phi) is 2.63. The van der Waals surface area contributed by atoms with Crippen LogP contribution in [-0.4, -0.2) is 0 Å². The fraction of sp³-hybridized carbons (Fsp3) is 0.167. The number of nitrogen functional groups attached to an aromatic ring is 1. The summed E-state index contributed by atoms with van der Waals surface area (Å²) in [5, 5.41) is 3.29. The number of benzene rings is 1. The second-order valence-corrected chi connectivity index (χ2v) is 3.51.